The summed E-state index contributed by atoms with van der Waals surface area (Å²) in [6.07, 6.45) is 0. The highest BCUT2D eigenvalue weighted by Crippen LogP contribution is 2.26. The number of thiazole rings is 1. The Kier molecular flexibility index (Phi) is 5.83. The summed E-state index contributed by atoms with van der Waals surface area (Å²) < 4.78 is 5.22. The summed E-state index contributed by atoms with van der Waals surface area (Å²) >= 11 is 1.36. The van der Waals surface area contributed by atoms with E-state index in [0.29, 0.717) is 23.0 Å². The Morgan fingerprint density at radius 2 is 1.85 bits per heavy atom. The molecule has 0 aliphatic rings. The van der Waals surface area contributed by atoms with Gasteiger partial charge in [0.2, 0.25) is 5.91 Å². The molecule has 0 fully saturated rings. The monoisotopic (exact) mass is 381 g/mol. The van der Waals surface area contributed by atoms with Crippen molar-refractivity contribution in [3.63, 3.8) is 0 Å². The van der Waals surface area contributed by atoms with E-state index in [0.717, 1.165) is 16.8 Å². The van der Waals surface area contributed by atoms with Crippen molar-refractivity contribution < 1.29 is 14.3 Å². The number of aromatic nitrogens is 1. The molecule has 27 heavy (non-hydrogen) atoms. The minimum atomic E-state index is -0.265. The first kappa shape index (κ1) is 18.6. The number of rotatable bonds is 6. The van der Waals surface area contributed by atoms with Crippen molar-refractivity contribution in [2.45, 2.75) is 13.5 Å². The summed E-state index contributed by atoms with van der Waals surface area (Å²) in [5, 5.41) is 7.98. The normalized spacial score (nSPS) is 10.3. The third kappa shape index (κ3) is 4.71. The maximum atomic E-state index is 12.5. The fraction of sp³-hybridized carbons (Fsp3) is 0.150. The molecule has 3 rings (SSSR count). The van der Waals surface area contributed by atoms with Crippen molar-refractivity contribution in [3.05, 3.63) is 65.0 Å². The van der Waals surface area contributed by atoms with Crippen LogP contribution in [0.2, 0.25) is 0 Å². The molecule has 0 aliphatic heterocycles. The van der Waals surface area contributed by atoms with Gasteiger partial charge in [0.25, 0.3) is 5.91 Å². The van der Waals surface area contributed by atoms with E-state index < -0.39 is 0 Å². The van der Waals surface area contributed by atoms with Gasteiger partial charge in [-0.3, -0.25) is 14.9 Å². The van der Waals surface area contributed by atoms with Gasteiger partial charge >= 0.3 is 0 Å². The van der Waals surface area contributed by atoms with Crippen LogP contribution in [0.15, 0.2) is 53.9 Å². The van der Waals surface area contributed by atoms with Gasteiger partial charge < -0.3 is 10.1 Å². The number of nitrogens with one attached hydrogen (secondary N) is 2. The Morgan fingerprint density at radius 3 is 2.56 bits per heavy atom. The van der Waals surface area contributed by atoms with Gasteiger partial charge in [-0.2, -0.15) is 0 Å². The number of hydrogen-bond acceptors (Lipinski definition) is 5. The molecule has 0 aliphatic carbocycles. The number of methoxy groups -OCH3 is 1. The lowest BCUT2D eigenvalue weighted by Crippen LogP contribution is -2.18. The maximum absolute atomic E-state index is 12.5. The molecule has 0 saturated heterocycles. The van der Waals surface area contributed by atoms with Crippen LogP contribution in [-0.4, -0.2) is 23.9 Å². The van der Waals surface area contributed by atoms with E-state index in [9.17, 15) is 9.59 Å². The molecule has 1 aromatic heterocycles. The number of para-hydroxylation sites is 1. The van der Waals surface area contributed by atoms with Crippen molar-refractivity contribution in [1.29, 1.82) is 0 Å². The van der Waals surface area contributed by atoms with Crippen molar-refractivity contribution in [3.8, 4) is 17.0 Å². The Bertz CT molecular complexity index is 951. The summed E-state index contributed by atoms with van der Waals surface area (Å²) in [7, 11) is 1.53. The molecule has 0 radical (unpaired) electrons. The van der Waals surface area contributed by atoms with Crippen LogP contribution in [0, 0.1) is 0 Å². The van der Waals surface area contributed by atoms with Crippen LogP contribution < -0.4 is 15.4 Å². The molecule has 138 valence electrons. The smallest absolute Gasteiger partial charge is 0.261 e. The zero-order valence-corrected chi connectivity index (χ0v) is 15.8. The van der Waals surface area contributed by atoms with Crippen LogP contribution in [-0.2, 0) is 11.3 Å². The minimum absolute atomic E-state index is 0.0611. The van der Waals surface area contributed by atoms with Crippen molar-refractivity contribution in [2.24, 2.45) is 0 Å². The predicted molar refractivity (Wildman–Crippen MR) is 106 cm³/mol. The summed E-state index contributed by atoms with van der Waals surface area (Å²) in [6, 6.07) is 14.8. The van der Waals surface area contributed by atoms with Crippen LogP contribution >= 0.6 is 11.3 Å². The number of amides is 2. The van der Waals surface area contributed by atoms with Gasteiger partial charge in [0.15, 0.2) is 5.13 Å². The fourth-order valence-electron chi connectivity index (χ4n) is 2.48. The molecule has 1 heterocycles. The zero-order chi connectivity index (χ0) is 19.2. The Morgan fingerprint density at radius 1 is 1.11 bits per heavy atom. The number of benzene rings is 2. The summed E-state index contributed by atoms with van der Waals surface area (Å²) in [5.41, 5.74) is 3.19. The molecule has 7 heteroatoms. The Balaban J connectivity index is 1.69. The van der Waals surface area contributed by atoms with E-state index in [1.807, 2.05) is 35.7 Å². The van der Waals surface area contributed by atoms with Crippen molar-refractivity contribution >= 4 is 28.3 Å². The van der Waals surface area contributed by atoms with Crippen LogP contribution in [0.4, 0.5) is 5.13 Å². The summed E-state index contributed by atoms with van der Waals surface area (Å²) in [4.78, 5) is 27.9. The first-order valence-electron chi connectivity index (χ1n) is 8.30. The highest BCUT2D eigenvalue weighted by Gasteiger charge is 2.14. The number of nitrogens with zero attached hydrogens (tertiary/aromatic N) is 1. The van der Waals surface area contributed by atoms with Gasteiger partial charge in [-0.15, -0.1) is 11.3 Å². The van der Waals surface area contributed by atoms with Gasteiger partial charge in [0, 0.05) is 24.4 Å². The third-order valence-electron chi connectivity index (χ3n) is 3.87. The Hall–Kier alpha value is -3.19. The topological polar surface area (TPSA) is 80.3 Å². The highest BCUT2D eigenvalue weighted by molar-refractivity contribution is 7.14. The predicted octanol–water partition coefficient (Wildman–Crippen LogP) is 3.71. The number of anilines is 1. The molecule has 0 unspecified atom stereocenters. The average Bonchev–Trinajstić information content (AvgIpc) is 3.15. The second-order valence-electron chi connectivity index (χ2n) is 5.80. The number of hydrogen-bond donors (Lipinski definition) is 2. The Labute approximate surface area is 161 Å². The molecule has 0 spiro atoms. The van der Waals surface area contributed by atoms with Gasteiger partial charge in [-0.25, -0.2) is 4.98 Å². The molecular formula is C20H19N3O3S. The maximum Gasteiger partial charge on any atom is 0.261 e. The number of ether oxygens (including phenoxy) is 1. The first-order valence-corrected chi connectivity index (χ1v) is 9.18. The molecule has 3 aromatic rings. The van der Waals surface area contributed by atoms with Crippen molar-refractivity contribution in [2.75, 3.05) is 12.4 Å². The van der Waals surface area contributed by atoms with E-state index in [-0.39, 0.29) is 11.8 Å². The standard InChI is InChI=1S/C20H19N3O3S/c1-13(24)21-11-14-7-9-15(10-8-14)17-12-27-20(22-17)23-19(25)16-5-3-4-6-18(16)26-2/h3-10,12H,11H2,1-2H3,(H,21,24)(H,22,23,25). The first-order chi connectivity index (χ1) is 13.1. The van der Waals surface area contributed by atoms with Gasteiger partial charge in [-0.1, -0.05) is 36.4 Å². The minimum Gasteiger partial charge on any atom is -0.496 e. The lowest BCUT2D eigenvalue weighted by Gasteiger charge is -2.07. The van der Waals surface area contributed by atoms with E-state index in [2.05, 4.69) is 15.6 Å². The molecule has 0 bridgehead atoms. The summed E-state index contributed by atoms with van der Waals surface area (Å²) in [6.45, 7) is 1.98. The van der Waals surface area contributed by atoms with Crippen LogP contribution in [0.3, 0.4) is 0 Å². The van der Waals surface area contributed by atoms with Crippen LogP contribution in [0.25, 0.3) is 11.3 Å². The number of carbonyl (C=O) groups excluding carboxylic acids is 2. The molecule has 6 nitrogen and oxygen atoms in total. The van der Waals surface area contributed by atoms with Gasteiger partial charge in [0.05, 0.1) is 18.4 Å². The second kappa shape index (κ2) is 8.46. The fourth-order valence-corrected chi connectivity index (χ4v) is 3.20. The van der Waals surface area contributed by atoms with Crippen LogP contribution in [0.5, 0.6) is 5.75 Å². The largest absolute Gasteiger partial charge is 0.496 e. The second-order valence-corrected chi connectivity index (χ2v) is 6.66. The molecule has 2 N–H and O–H groups in total. The highest BCUT2D eigenvalue weighted by atomic mass is 32.1. The van der Waals surface area contributed by atoms with E-state index >= 15 is 0 Å². The lowest BCUT2D eigenvalue weighted by molar-refractivity contribution is -0.119. The molecule has 2 amide bonds. The van der Waals surface area contributed by atoms with Crippen LogP contribution in [0.1, 0.15) is 22.8 Å². The lowest BCUT2D eigenvalue weighted by atomic mass is 10.1. The molecule has 0 atom stereocenters. The molecule has 0 saturated carbocycles. The van der Waals surface area contributed by atoms with E-state index in [1.54, 1.807) is 18.2 Å². The number of carbonyl (C=O) groups is 2. The summed E-state index contributed by atoms with van der Waals surface area (Å²) in [5.74, 6) is 0.189. The molecular weight excluding hydrogens is 362 g/mol. The zero-order valence-electron chi connectivity index (χ0n) is 15.0. The van der Waals surface area contributed by atoms with E-state index in [4.69, 9.17) is 4.74 Å². The van der Waals surface area contributed by atoms with Crippen molar-refractivity contribution in [1.82, 2.24) is 10.3 Å². The van der Waals surface area contributed by atoms with Gasteiger partial charge in [0.1, 0.15) is 5.75 Å². The van der Waals surface area contributed by atoms with Gasteiger partial charge in [-0.05, 0) is 17.7 Å². The third-order valence-corrected chi connectivity index (χ3v) is 4.63. The average molecular weight is 381 g/mol. The molecule has 2 aromatic carbocycles. The SMILES string of the molecule is COc1ccccc1C(=O)Nc1nc(-c2ccc(CNC(C)=O)cc2)cs1. The van der Waals surface area contributed by atoms with E-state index in [1.165, 1.54) is 25.4 Å². The quantitative estimate of drug-likeness (QED) is 0.682.